The van der Waals surface area contributed by atoms with E-state index >= 15 is 0 Å². The van der Waals surface area contributed by atoms with Gasteiger partial charge in [0.2, 0.25) is 5.91 Å². The first kappa shape index (κ1) is 14.1. The Bertz CT molecular complexity index is 363. The number of carbonyl (C=O) groups is 1. The van der Waals surface area contributed by atoms with Gasteiger partial charge in [-0.15, -0.1) is 11.3 Å². The summed E-state index contributed by atoms with van der Waals surface area (Å²) in [5.41, 5.74) is -0.0249. The predicted octanol–water partition coefficient (Wildman–Crippen LogP) is 3.22. The summed E-state index contributed by atoms with van der Waals surface area (Å²) in [7, 11) is 0. The van der Waals surface area contributed by atoms with Crippen molar-refractivity contribution in [3.05, 3.63) is 20.8 Å². The highest BCUT2D eigenvalue weighted by molar-refractivity contribution is 9.11. The van der Waals surface area contributed by atoms with Crippen molar-refractivity contribution in [3.63, 3.8) is 0 Å². The Kier molecular flexibility index (Phi) is 5.34. The van der Waals surface area contributed by atoms with Crippen LogP contribution >= 0.6 is 39.9 Å². The van der Waals surface area contributed by atoms with Gasteiger partial charge in [0.15, 0.2) is 0 Å². The molecule has 0 radical (unpaired) electrons. The van der Waals surface area contributed by atoms with Crippen molar-refractivity contribution in [2.24, 2.45) is 0 Å². The van der Waals surface area contributed by atoms with Gasteiger partial charge in [-0.05, 0) is 33.8 Å². The van der Waals surface area contributed by atoms with E-state index in [1.54, 1.807) is 11.3 Å². The number of amides is 1. The molecule has 0 unspecified atom stereocenters. The van der Waals surface area contributed by atoms with Crippen LogP contribution in [0.25, 0.3) is 0 Å². The average molecular weight is 322 g/mol. The fourth-order valence-electron chi connectivity index (χ4n) is 1.27. The number of hydrogen-bond acceptors (Lipinski definition) is 3. The molecule has 0 fully saturated rings. The zero-order chi connectivity index (χ0) is 12.2. The van der Waals surface area contributed by atoms with Gasteiger partial charge in [-0.3, -0.25) is 4.79 Å². The van der Waals surface area contributed by atoms with E-state index in [0.29, 0.717) is 18.7 Å². The smallest absolute Gasteiger partial charge is 0.220 e. The summed E-state index contributed by atoms with van der Waals surface area (Å²) < 4.78 is 1.12. The maximum atomic E-state index is 11.4. The number of carbonyl (C=O) groups excluding carboxylic acids is 1. The summed E-state index contributed by atoms with van der Waals surface area (Å²) in [5.74, 6) is 0.662. The average Bonchev–Trinajstić information content (AvgIpc) is 2.63. The second kappa shape index (κ2) is 6.07. The molecule has 0 aliphatic rings. The van der Waals surface area contributed by atoms with E-state index < -0.39 is 0 Å². The van der Waals surface area contributed by atoms with Gasteiger partial charge in [0, 0.05) is 23.3 Å². The molecule has 1 heterocycles. The van der Waals surface area contributed by atoms with Crippen molar-refractivity contribution in [2.45, 2.75) is 25.7 Å². The SMILES string of the molecule is CC(C)(CNC(=O)CCS)c1ccc(Br)s1. The zero-order valence-corrected chi connectivity index (χ0v) is 12.7. The molecule has 0 bridgehead atoms. The van der Waals surface area contributed by atoms with E-state index in [2.05, 4.69) is 53.8 Å². The Morgan fingerprint density at radius 3 is 2.75 bits per heavy atom. The maximum Gasteiger partial charge on any atom is 0.220 e. The first-order chi connectivity index (χ1) is 7.45. The van der Waals surface area contributed by atoms with Crippen LogP contribution in [-0.4, -0.2) is 18.2 Å². The molecule has 0 aliphatic heterocycles. The van der Waals surface area contributed by atoms with E-state index in [9.17, 15) is 4.79 Å². The van der Waals surface area contributed by atoms with E-state index in [1.807, 2.05) is 6.07 Å². The van der Waals surface area contributed by atoms with Crippen LogP contribution in [0.15, 0.2) is 15.9 Å². The second-order valence-corrected chi connectivity index (χ2v) is 7.15. The zero-order valence-electron chi connectivity index (χ0n) is 9.42. The lowest BCUT2D eigenvalue weighted by atomic mass is 9.91. The number of nitrogens with one attached hydrogen (secondary N) is 1. The fraction of sp³-hybridized carbons (Fsp3) is 0.545. The first-order valence-corrected chi connectivity index (χ1v) is 7.33. The molecule has 1 amide bonds. The molecule has 0 saturated carbocycles. The van der Waals surface area contributed by atoms with Gasteiger partial charge in [-0.25, -0.2) is 0 Å². The molecule has 90 valence electrons. The Balaban J connectivity index is 2.55. The lowest BCUT2D eigenvalue weighted by Crippen LogP contribution is -2.36. The minimum atomic E-state index is -0.0249. The summed E-state index contributed by atoms with van der Waals surface area (Å²) in [6.45, 7) is 4.92. The summed E-state index contributed by atoms with van der Waals surface area (Å²) in [5, 5.41) is 2.94. The van der Waals surface area contributed by atoms with Crippen LogP contribution in [0, 0.1) is 0 Å². The van der Waals surface area contributed by atoms with Crippen LogP contribution in [0.2, 0.25) is 0 Å². The van der Waals surface area contributed by atoms with Crippen molar-refractivity contribution in [1.29, 1.82) is 0 Å². The Morgan fingerprint density at radius 2 is 2.25 bits per heavy atom. The molecular weight excluding hydrogens is 306 g/mol. The highest BCUT2D eigenvalue weighted by Gasteiger charge is 2.22. The summed E-state index contributed by atoms with van der Waals surface area (Å²) >= 11 is 9.19. The molecule has 0 spiro atoms. The highest BCUT2D eigenvalue weighted by Crippen LogP contribution is 2.32. The molecule has 1 rings (SSSR count). The number of thiol groups is 1. The van der Waals surface area contributed by atoms with Crippen molar-refractivity contribution < 1.29 is 4.79 Å². The van der Waals surface area contributed by atoms with Gasteiger partial charge < -0.3 is 5.32 Å². The molecule has 1 aromatic rings. The molecule has 1 N–H and O–H groups in total. The second-order valence-electron chi connectivity index (χ2n) is 4.24. The largest absolute Gasteiger partial charge is 0.355 e. The van der Waals surface area contributed by atoms with Gasteiger partial charge in [-0.1, -0.05) is 13.8 Å². The summed E-state index contributed by atoms with van der Waals surface area (Å²) in [6, 6.07) is 4.14. The molecule has 16 heavy (non-hydrogen) atoms. The van der Waals surface area contributed by atoms with E-state index in [4.69, 9.17) is 0 Å². The fourth-order valence-corrected chi connectivity index (χ4v) is 2.96. The monoisotopic (exact) mass is 321 g/mol. The quantitative estimate of drug-likeness (QED) is 0.801. The predicted molar refractivity (Wildman–Crippen MR) is 76.5 cm³/mol. The van der Waals surface area contributed by atoms with Crippen LogP contribution < -0.4 is 5.32 Å². The van der Waals surface area contributed by atoms with Gasteiger partial charge in [0.05, 0.1) is 3.79 Å². The molecule has 1 aromatic heterocycles. The van der Waals surface area contributed by atoms with Crippen LogP contribution in [0.4, 0.5) is 0 Å². The molecule has 2 nitrogen and oxygen atoms in total. The molecular formula is C11H16BrNOS2. The van der Waals surface area contributed by atoms with Crippen LogP contribution in [0.1, 0.15) is 25.1 Å². The van der Waals surface area contributed by atoms with Gasteiger partial charge >= 0.3 is 0 Å². The number of thiophene rings is 1. The minimum absolute atomic E-state index is 0.0249. The molecule has 0 aliphatic carbocycles. The van der Waals surface area contributed by atoms with E-state index in [0.717, 1.165) is 3.79 Å². The third-order valence-corrected chi connectivity index (χ3v) is 4.52. The van der Waals surface area contributed by atoms with Gasteiger partial charge in [0.1, 0.15) is 0 Å². The number of halogens is 1. The standard InChI is InChI=1S/C11H16BrNOS2/c1-11(2,7-13-10(14)5-6-15)8-3-4-9(12)16-8/h3-4,15H,5-7H2,1-2H3,(H,13,14). The van der Waals surface area contributed by atoms with Crippen LogP contribution in [0.5, 0.6) is 0 Å². The normalized spacial score (nSPS) is 11.5. The van der Waals surface area contributed by atoms with Crippen molar-refractivity contribution >= 4 is 45.8 Å². The molecule has 0 saturated heterocycles. The minimum Gasteiger partial charge on any atom is -0.355 e. The highest BCUT2D eigenvalue weighted by atomic mass is 79.9. The van der Waals surface area contributed by atoms with E-state index in [-0.39, 0.29) is 11.3 Å². The van der Waals surface area contributed by atoms with Crippen LogP contribution in [-0.2, 0) is 10.2 Å². The third-order valence-electron chi connectivity index (χ3n) is 2.31. The molecule has 5 heteroatoms. The van der Waals surface area contributed by atoms with Gasteiger partial charge in [-0.2, -0.15) is 12.6 Å². The first-order valence-electron chi connectivity index (χ1n) is 5.09. The Morgan fingerprint density at radius 1 is 1.56 bits per heavy atom. The Hall–Kier alpha value is -0.0000000000000000833. The van der Waals surface area contributed by atoms with Gasteiger partial charge in [0.25, 0.3) is 0 Å². The number of rotatable bonds is 5. The third kappa shape index (κ3) is 4.11. The molecule has 0 atom stereocenters. The lowest BCUT2D eigenvalue weighted by Gasteiger charge is -2.23. The lowest BCUT2D eigenvalue weighted by molar-refractivity contribution is -0.120. The van der Waals surface area contributed by atoms with E-state index in [1.165, 1.54) is 4.88 Å². The molecule has 0 aromatic carbocycles. The summed E-state index contributed by atoms with van der Waals surface area (Å²) in [6.07, 6.45) is 0.479. The van der Waals surface area contributed by atoms with Crippen molar-refractivity contribution in [2.75, 3.05) is 12.3 Å². The van der Waals surface area contributed by atoms with Crippen molar-refractivity contribution in [1.82, 2.24) is 5.32 Å². The van der Waals surface area contributed by atoms with Crippen LogP contribution in [0.3, 0.4) is 0 Å². The maximum absolute atomic E-state index is 11.4. The number of hydrogen-bond donors (Lipinski definition) is 2. The summed E-state index contributed by atoms with van der Waals surface area (Å²) in [4.78, 5) is 12.6. The topological polar surface area (TPSA) is 29.1 Å². The Labute approximate surface area is 114 Å². The van der Waals surface area contributed by atoms with Crippen molar-refractivity contribution in [3.8, 4) is 0 Å².